The number of halogens is 7. The minimum absolute atomic E-state index is 0.00203. The van der Waals surface area contributed by atoms with Crippen LogP contribution in [-0.4, -0.2) is 39.3 Å². The predicted octanol–water partition coefficient (Wildman–Crippen LogP) is 7.82. The number of para-hydroxylation sites is 1. The van der Waals surface area contributed by atoms with Crippen molar-refractivity contribution >= 4 is 40.0 Å². The second kappa shape index (κ2) is 15.5. The number of hydrogen-bond acceptors (Lipinski definition) is 5. The molecule has 2 heterocycles. The van der Waals surface area contributed by atoms with Gasteiger partial charge in [-0.15, -0.1) is 11.3 Å². The summed E-state index contributed by atoms with van der Waals surface area (Å²) in [5, 5.41) is 9.40. The van der Waals surface area contributed by atoms with Crippen LogP contribution in [-0.2, 0) is 46.0 Å². The molecule has 0 aliphatic heterocycles. The molecule has 2 aromatic heterocycles. The van der Waals surface area contributed by atoms with Crippen LogP contribution in [0.4, 0.5) is 30.7 Å². The van der Waals surface area contributed by atoms with Gasteiger partial charge < -0.3 is 20.9 Å². The van der Waals surface area contributed by atoms with Gasteiger partial charge in [-0.05, 0) is 47.9 Å². The number of nitrogens with zero attached hydrogens (tertiary/aromatic N) is 1. The zero-order chi connectivity index (χ0) is 38.9. The quantitative estimate of drug-likeness (QED) is 0.110. The first-order chi connectivity index (χ1) is 24.9. The molecule has 3 amide bonds. The average molecular weight is 768 g/mol. The number of fused-ring (bicyclic) bond motifs is 3. The van der Waals surface area contributed by atoms with Gasteiger partial charge in [0.1, 0.15) is 22.4 Å². The molecule has 286 valence electrons. The standard InChI is InChI=1S/C37H40F7N5O3S/c1-5-19(3)29(47-28(50)16-21-10-7-8-13-25(21)38)32(51)49-35(34(52)48-30(20(4)6-2)33-46-27(18-53-33)37(42,43)44)15-14-26-23(17-35)22-11-9-12-24(31(22)45-26)36(39,40)41/h7-13,18-20,29-30,45H,5-6,14-17H2,1-4H3,(H,47,50)(H,48,52)(H,49,51)/t19-,20-,29-,30-,35+/m0/s1. The molecule has 53 heavy (non-hydrogen) atoms. The van der Waals surface area contributed by atoms with Gasteiger partial charge in [0.2, 0.25) is 17.7 Å². The lowest BCUT2D eigenvalue weighted by atomic mass is 9.78. The summed E-state index contributed by atoms with van der Waals surface area (Å²) in [5.74, 6) is -3.68. The number of nitrogens with one attached hydrogen (secondary N) is 4. The minimum atomic E-state index is -4.72. The Hall–Kier alpha value is -4.47. The largest absolute Gasteiger partial charge is 0.434 e. The van der Waals surface area contributed by atoms with Crippen molar-refractivity contribution in [3.05, 3.63) is 86.7 Å². The lowest BCUT2D eigenvalue weighted by Gasteiger charge is -2.39. The SMILES string of the molecule is CC[C@H](C)[C@H](NC(=O)Cc1ccccc1F)C(=O)N[C@]1(C(=O)N[C@H](c2nc(C(F)(F)F)cs2)[C@@H](C)CC)CCc2[nH]c3c(C(F)(F)F)cccc3c2C1. The van der Waals surface area contributed by atoms with Gasteiger partial charge in [-0.25, -0.2) is 9.37 Å². The maximum atomic E-state index is 14.6. The van der Waals surface area contributed by atoms with Crippen molar-refractivity contribution in [2.24, 2.45) is 11.8 Å². The third-order valence-electron chi connectivity index (χ3n) is 10.1. The second-order valence-corrected chi connectivity index (χ2v) is 14.6. The second-order valence-electron chi connectivity index (χ2n) is 13.7. The fourth-order valence-corrected chi connectivity index (χ4v) is 7.65. The molecule has 0 saturated carbocycles. The highest BCUT2D eigenvalue weighted by Crippen LogP contribution is 2.41. The molecule has 1 aliphatic carbocycles. The number of aromatic amines is 1. The molecule has 16 heteroatoms. The Balaban J connectivity index is 1.54. The highest BCUT2D eigenvalue weighted by Gasteiger charge is 2.47. The topological polar surface area (TPSA) is 116 Å². The smallest absolute Gasteiger partial charge is 0.358 e. The lowest BCUT2D eigenvalue weighted by molar-refractivity contribution is -0.141. The van der Waals surface area contributed by atoms with Crippen LogP contribution < -0.4 is 16.0 Å². The molecule has 5 atom stereocenters. The van der Waals surface area contributed by atoms with E-state index >= 15 is 0 Å². The van der Waals surface area contributed by atoms with Crippen LogP contribution in [0.5, 0.6) is 0 Å². The van der Waals surface area contributed by atoms with E-state index in [4.69, 9.17) is 0 Å². The van der Waals surface area contributed by atoms with E-state index in [0.717, 1.165) is 22.8 Å². The molecule has 0 bridgehead atoms. The zero-order valence-corrected chi connectivity index (χ0v) is 30.2. The molecule has 0 unspecified atom stereocenters. The van der Waals surface area contributed by atoms with Crippen LogP contribution in [0, 0.1) is 17.7 Å². The van der Waals surface area contributed by atoms with E-state index in [9.17, 15) is 45.1 Å². The number of hydrogen-bond donors (Lipinski definition) is 4. The zero-order valence-electron chi connectivity index (χ0n) is 29.4. The Morgan fingerprint density at radius 2 is 1.64 bits per heavy atom. The van der Waals surface area contributed by atoms with Gasteiger partial charge in [-0.3, -0.25) is 14.4 Å². The Bertz CT molecular complexity index is 1970. The lowest BCUT2D eigenvalue weighted by Crippen LogP contribution is -2.65. The van der Waals surface area contributed by atoms with Gasteiger partial charge in [0.25, 0.3) is 0 Å². The summed E-state index contributed by atoms with van der Waals surface area (Å²) in [5.41, 5.74) is -3.10. The Labute approximate surface area is 305 Å². The molecule has 0 fully saturated rings. The summed E-state index contributed by atoms with van der Waals surface area (Å²) in [4.78, 5) is 48.7. The molecule has 4 aromatic rings. The van der Waals surface area contributed by atoms with Gasteiger partial charge >= 0.3 is 12.4 Å². The number of aryl methyl sites for hydroxylation is 1. The van der Waals surface area contributed by atoms with Gasteiger partial charge in [0.15, 0.2) is 5.69 Å². The van der Waals surface area contributed by atoms with Crippen molar-refractivity contribution in [3.8, 4) is 0 Å². The van der Waals surface area contributed by atoms with Crippen molar-refractivity contribution in [2.45, 2.75) is 96.2 Å². The highest BCUT2D eigenvalue weighted by atomic mass is 32.1. The number of carbonyl (C=O) groups excluding carboxylic acids is 3. The van der Waals surface area contributed by atoms with Crippen LogP contribution >= 0.6 is 11.3 Å². The van der Waals surface area contributed by atoms with Crippen molar-refractivity contribution in [1.82, 2.24) is 25.9 Å². The van der Waals surface area contributed by atoms with E-state index in [1.807, 2.05) is 0 Å². The first-order valence-electron chi connectivity index (χ1n) is 17.3. The summed E-state index contributed by atoms with van der Waals surface area (Å²) in [6, 6.07) is 7.13. The van der Waals surface area contributed by atoms with Gasteiger partial charge in [0, 0.05) is 22.9 Å². The number of rotatable bonds is 12. The minimum Gasteiger partial charge on any atom is -0.358 e. The summed E-state index contributed by atoms with van der Waals surface area (Å²) < 4.78 is 97.0. The maximum absolute atomic E-state index is 14.6. The van der Waals surface area contributed by atoms with Crippen molar-refractivity contribution in [3.63, 3.8) is 0 Å². The number of thiazole rings is 1. The molecule has 1 aliphatic rings. The molecule has 8 nitrogen and oxygen atoms in total. The van der Waals surface area contributed by atoms with Crippen LogP contribution in [0.15, 0.2) is 47.8 Å². The number of amides is 3. The average Bonchev–Trinajstić information content (AvgIpc) is 3.75. The molecule has 4 N–H and O–H groups in total. The third-order valence-corrected chi connectivity index (χ3v) is 11.0. The van der Waals surface area contributed by atoms with Crippen LogP contribution in [0.25, 0.3) is 10.9 Å². The Morgan fingerprint density at radius 1 is 0.943 bits per heavy atom. The number of benzene rings is 2. The summed E-state index contributed by atoms with van der Waals surface area (Å²) >= 11 is 0.727. The first-order valence-corrected chi connectivity index (χ1v) is 18.1. The van der Waals surface area contributed by atoms with Crippen molar-refractivity contribution < 1.29 is 45.1 Å². The van der Waals surface area contributed by atoms with Gasteiger partial charge in [-0.1, -0.05) is 70.9 Å². The van der Waals surface area contributed by atoms with Crippen LogP contribution in [0.2, 0.25) is 0 Å². The molecule has 0 spiro atoms. The summed E-state index contributed by atoms with van der Waals surface area (Å²) in [7, 11) is 0. The first kappa shape index (κ1) is 39.7. The van der Waals surface area contributed by atoms with Crippen molar-refractivity contribution in [1.29, 1.82) is 0 Å². The van der Waals surface area contributed by atoms with E-state index in [1.54, 1.807) is 33.8 Å². The molecular formula is C37H40F7N5O3S. The normalized spacial score (nSPS) is 18.5. The van der Waals surface area contributed by atoms with Crippen molar-refractivity contribution in [2.75, 3.05) is 0 Å². The molecular weight excluding hydrogens is 727 g/mol. The molecule has 5 rings (SSSR count). The van der Waals surface area contributed by atoms with Gasteiger partial charge in [-0.2, -0.15) is 26.3 Å². The fraction of sp³-hybridized carbons (Fsp3) is 0.459. The number of H-pyrrole nitrogens is 1. The molecule has 2 aromatic carbocycles. The van der Waals surface area contributed by atoms with E-state index in [1.165, 1.54) is 30.3 Å². The Kier molecular flexibility index (Phi) is 11.6. The van der Waals surface area contributed by atoms with E-state index in [2.05, 4.69) is 25.9 Å². The van der Waals surface area contributed by atoms with E-state index < -0.39 is 76.6 Å². The molecule has 0 radical (unpaired) electrons. The molecule has 0 saturated heterocycles. The number of aromatic nitrogens is 2. The highest BCUT2D eigenvalue weighted by molar-refractivity contribution is 7.09. The Morgan fingerprint density at radius 3 is 2.26 bits per heavy atom. The fourth-order valence-electron chi connectivity index (χ4n) is 6.64. The van der Waals surface area contributed by atoms with E-state index in [-0.39, 0.29) is 47.2 Å². The third kappa shape index (κ3) is 8.52. The monoisotopic (exact) mass is 767 g/mol. The predicted molar refractivity (Wildman–Crippen MR) is 185 cm³/mol. The summed E-state index contributed by atoms with van der Waals surface area (Å²) in [6.07, 6.45) is -9.27. The van der Waals surface area contributed by atoms with E-state index in [0.29, 0.717) is 24.1 Å². The van der Waals surface area contributed by atoms with Crippen LogP contribution in [0.3, 0.4) is 0 Å². The summed E-state index contributed by atoms with van der Waals surface area (Å²) in [6.45, 7) is 7.01. The number of carbonyl (C=O) groups is 3. The van der Waals surface area contributed by atoms with Gasteiger partial charge in [0.05, 0.1) is 23.5 Å². The number of alkyl halides is 6. The maximum Gasteiger partial charge on any atom is 0.434 e. The van der Waals surface area contributed by atoms with Crippen LogP contribution in [0.1, 0.15) is 86.1 Å².